The van der Waals surface area contributed by atoms with Crippen molar-refractivity contribution < 1.29 is 14.3 Å². The fourth-order valence-electron chi connectivity index (χ4n) is 2.23. The van der Waals surface area contributed by atoms with Crippen molar-refractivity contribution in [3.63, 3.8) is 0 Å². The molecule has 2 aromatic heterocycles. The first-order valence-corrected chi connectivity index (χ1v) is 8.96. The van der Waals surface area contributed by atoms with Gasteiger partial charge < -0.3 is 9.47 Å². The average molecular weight is 369 g/mol. The summed E-state index contributed by atoms with van der Waals surface area (Å²) in [5.74, 6) is 0.517. The predicted octanol–water partition coefficient (Wildman–Crippen LogP) is 3.76. The van der Waals surface area contributed by atoms with Crippen LogP contribution in [0.2, 0.25) is 0 Å². The molecule has 1 unspecified atom stereocenters. The summed E-state index contributed by atoms with van der Waals surface area (Å²) in [7, 11) is 1.61. The zero-order valence-electron chi connectivity index (χ0n) is 14.5. The van der Waals surface area contributed by atoms with Gasteiger partial charge in [0, 0.05) is 11.6 Å². The molecule has 0 fully saturated rings. The SMILES string of the molecule is COc1cccc(COC(C)C(=O)Nc2nc(-c3ccccn3)cs2)c1. The maximum Gasteiger partial charge on any atom is 0.255 e. The zero-order chi connectivity index (χ0) is 18.4. The number of methoxy groups -OCH3 is 1. The lowest BCUT2D eigenvalue weighted by Gasteiger charge is -2.12. The molecule has 6 nitrogen and oxygen atoms in total. The van der Waals surface area contributed by atoms with Crippen LogP contribution in [0.4, 0.5) is 5.13 Å². The Labute approximate surface area is 155 Å². The molecule has 1 aromatic carbocycles. The molecule has 1 atom stereocenters. The van der Waals surface area contributed by atoms with E-state index in [1.54, 1.807) is 20.2 Å². The molecule has 1 N–H and O–H groups in total. The van der Waals surface area contributed by atoms with Gasteiger partial charge in [-0.05, 0) is 36.8 Å². The topological polar surface area (TPSA) is 73.3 Å². The van der Waals surface area contributed by atoms with Gasteiger partial charge in [-0.15, -0.1) is 11.3 Å². The molecule has 3 rings (SSSR count). The summed E-state index contributed by atoms with van der Waals surface area (Å²) in [5.41, 5.74) is 2.44. The van der Waals surface area contributed by atoms with Crippen molar-refractivity contribution in [2.24, 2.45) is 0 Å². The lowest BCUT2D eigenvalue weighted by molar-refractivity contribution is -0.127. The van der Waals surface area contributed by atoms with E-state index in [9.17, 15) is 4.79 Å². The molecule has 0 saturated heterocycles. The Balaban J connectivity index is 1.55. The molecule has 1 amide bonds. The number of hydrogen-bond donors (Lipinski definition) is 1. The van der Waals surface area contributed by atoms with Crippen molar-refractivity contribution in [1.29, 1.82) is 0 Å². The molecule has 0 aliphatic rings. The maximum atomic E-state index is 12.3. The minimum atomic E-state index is -0.608. The molecular weight excluding hydrogens is 350 g/mol. The molecule has 0 bridgehead atoms. The second-order valence-corrected chi connectivity index (χ2v) is 6.40. The monoisotopic (exact) mass is 369 g/mol. The van der Waals surface area contributed by atoms with Gasteiger partial charge in [-0.2, -0.15) is 0 Å². The number of benzene rings is 1. The Bertz CT molecular complexity index is 867. The third kappa shape index (κ3) is 4.65. The fourth-order valence-corrected chi connectivity index (χ4v) is 2.94. The van der Waals surface area contributed by atoms with Crippen molar-refractivity contribution in [3.05, 3.63) is 59.6 Å². The van der Waals surface area contributed by atoms with E-state index >= 15 is 0 Å². The van der Waals surface area contributed by atoms with E-state index in [1.165, 1.54) is 11.3 Å². The van der Waals surface area contributed by atoms with Crippen LogP contribution in [0.3, 0.4) is 0 Å². The number of aromatic nitrogens is 2. The van der Waals surface area contributed by atoms with Crippen molar-refractivity contribution in [3.8, 4) is 17.1 Å². The highest BCUT2D eigenvalue weighted by Gasteiger charge is 2.16. The summed E-state index contributed by atoms with van der Waals surface area (Å²) >= 11 is 1.35. The van der Waals surface area contributed by atoms with Gasteiger partial charge in [0.1, 0.15) is 17.5 Å². The molecular formula is C19H19N3O3S. The van der Waals surface area contributed by atoms with Crippen LogP contribution in [0, 0.1) is 0 Å². The third-order valence-electron chi connectivity index (χ3n) is 3.67. The smallest absolute Gasteiger partial charge is 0.255 e. The summed E-state index contributed by atoms with van der Waals surface area (Å²) in [4.78, 5) is 20.9. The van der Waals surface area contributed by atoms with Crippen molar-refractivity contribution in [2.45, 2.75) is 19.6 Å². The number of hydrogen-bond acceptors (Lipinski definition) is 6. The number of carbonyl (C=O) groups excluding carboxylic acids is 1. The van der Waals surface area contributed by atoms with Crippen molar-refractivity contribution in [1.82, 2.24) is 9.97 Å². The zero-order valence-corrected chi connectivity index (χ0v) is 15.3. The number of amides is 1. The standard InChI is InChI=1S/C19H19N3O3S/c1-13(25-11-14-6-5-7-15(10-14)24-2)18(23)22-19-21-17(12-26-19)16-8-3-4-9-20-16/h3-10,12-13H,11H2,1-2H3,(H,21,22,23). The Kier molecular flexibility index (Phi) is 5.93. The Morgan fingerprint density at radius 2 is 2.12 bits per heavy atom. The first kappa shape index (κ1) is 18.0. The van der Waals surface area contributed by atoms with E-state index in [1.807, 2.05) is 47.8 Å². The van der Waals surface area contributed by atoms with E-state index < -0.39 is 6.10 Å². The van der Waals surface area contributed by atoms with E-state index in [2.05, 4.69) is 15.3 Å². The van der Waals surface area contributed by atoms with Gasteiger partial charge in [0.05, 0.1) is 19.4 Å². The van der Waals surface area contributed by atoms with Crippen LogP contribution in [0.1, 0.15) is 12.5 Å². The Hall–Kier alpha value is -2.77. The number of pyridine rings is 1. The number of anilines is 1. The molecule has 0 spiro atoms. The van der Waals surface area contributed by atoms with Gasteiger partial charge in [-0.1, -0.05) is 18.2 Å². The normalized spacial score (nSPS) is 11.8. The van der Waals surface area contributed by atoms with E-state index in [0.717, 1.165) is 22.7 Å². The number of rotatable bonds is 7. The van der Waals surface area contributed by atoms with Crippen LogP contribution in [-0.2, 0) is 16.1 Å². The quantitative estimate of drug-likeness (QED) is 0.686. The van der Waals surface area contributed by atoms with Crippen LogP contribution in [0.15, 0.2) is 54.0 Å². The molecule has 3 aromatic rings. The highest BCUT2D eigenvalue weighted by Crippen LogP contribution is 2.23. The highest BCUT2D eigenvalue weighted by molar-refractivity contribution is 7.14. The van der Waals surface area contributed by atoms with Crippen LogP contribution < -0.4 is 10.1 Å². The molecule has 0 aliphatic heterocycles. The van der Waals surface area contributed by atoms with Crippen LogP contribution in [-0.4, -0.2) is 29.1 Å². The Morgan fingerprint density at radius 1 is 1.23 bits per heavy atom. The number of carbonyl (C=O) groups is 1. The first-order valence-electron chi connectivity index (χ1n) is 8.08. The van der Waals surface area contributed by atoms with Crippen LogP contribution >= 0.6 is 11.3 Å². The van der Waals surface area contributed by atoms with Gasteiger partial charge in [0.2, 0.25) is 0 Å². The second-order valence-electron chi connectivity index (χ2n) is 5.55. The Morgan fingerprint density at radius 3 is 2.88 bits per heavy atom. The minimum Gasteiger partial charge on any atom is -0.497 e. The fraction of sp³-hybridized carbons (Fsp3) is 0.211. The second kappa shape index (κ2) is 8.55. The van der Waals surface area contributed by atoms with Crippen molar-refractivity contribution >= 4 is 22.4 Å². The van der Waals surface area contributed by atoms with E-state index in [0.29, 0.717) is 11.7 Å². The molecule has 0 aliphatic carbocycles. The number of ether oxygens (including phenoxy) is 2. The van der Waals surface area contributed by atoms with Gasteiger partial charge in [-0.25, -0.2) is 4.98 Å². The molecule has 7 heteroatoms. The lowest BCUT2D eigenvalue weighted by Crippen LogP contribution is -2.27. The van der Waals surface area contributed by atoms with Crippen LogP contribution in [0.5, 0.6) is 5.75 Å². The molecule has 0 saturated carbocycles. The molecule has 26 heavy (non-hydrogen) atoms. The van der Waals surface area contributed by atoms with Gasteiger partial charge in [0.25, 0.3) is 5.91 Å². The summed E-state index contributed by atoms with van der Waals surface area (Å²) in [6.45, 7) is 2.03. The van der Waals surface area contributed by atoms with Gasteiger partial charge in [0.15, 0.2) is 5.13 Å². The summed E-state index contributed by atoms with van der Waals surface area (Å²) < 4.78 is 10.8. The average Bonchev–Trinajstić information content (AvgIpc) is 3.15. The number of thiazole rings is 1. The largest absolute Gasteiger partial charge is 0.497 e. The first-order chi connectivity index (χ1) is 12.7. The van der Waals surface area contributed by atoms with E-state index in [-0.39, 0.29) is 5.91 Å². The molecule has 134 valence electrons. The maximum absolute atomic E-state index is 12.3. The summed E-state index contributed by atoms with van der Waals surface area (Å²) in [6.07, 6.45) is 1.10. The van der Waals surface area contributed by atoms with Crippen LogP contribution in [0.25, 0.3) is 11.4 Å². The van der Waals surface area contributed by atoms with E-state index in [4.69, 9.17) is 9.47 Å². The molecule has 0 radical (unpaired) electrons. The predicted molar refractivity (Wildman–Crippen MR) is 101 cm³/mol. The van der Waals surface area contributed by atoms with Gasteiger partial charge >= 0.3 is 0 Å². The number of nitrogens with zero attached hydrogens (tertiary/aromatic N) is 2. The molecule has 2 heterocycles. The highest BCUT2D eigenvalue weighted by atomic mass is 32.1. The van der Waals surface area contributed by atoms with Crippen molar-refractivity contribution in [2.75, 3.05) is 12.4 Å². The minimum absolute atomic E-state index is 0.241. The van der Waals surface area contributed by atoms with Gasteiger partial charge in [-0.3, -0.25) is 15.1 Å². The summed E-state index contributed by atoms with van der Waals surface area (Å²) in [6, 6.07) is 13.2. The third-order valence-corrected chi connectivity index (χ3v) is 4.42. The lowest BCUT2D eigenvalue weighted by atomic mass is 10.2. The summed E-state index contributed by atoms with van der Waals surface area (Å²) in [5, 5.41) is 5.16. The number of nitrogens with one attached hydrogen (secondary N) is 1.